The molecule has 2 saturated heterocycles. The second-order valence-corrected chi connectivity index (χ2v) is 10.6. The summed E-state index contributed by atoms with van der Waals surface area (Å²) in [5.74, 6) is 6.74. The van der Waals surface area contributed by atoms with Gasteiger partial charge in [-0.05, 0) is 73.7 Å². The number of thioether (sulfide) groups is 1. The fourth-order valence-electron chi connectivity index (χ4n) is 6.86. The number of rotatable bonds is 1. The smallest absolute Gasteiger partial charge is 0.0127 e. The average Bonchev–Trinajstić information content (AvgIpc) is 2.94. The van der Waals surface area contributed by atoms with E-state index in [4.69, 9.17) is 0 Å². The maximum atomic E-state index is 3.98. The molecular weight excluding hydrogens is 286 g/mol. The molecule has 2 aliphatic heterocycles. The molecule has 0 aromatic carbocycles. The van der Waals surface area contributed by atoms with Gasteiger partial charge in [-0.2, -0.15) is 11.8 Å². The second-order valence-electron chi connectivity index (χ2n) is 9.01. The molecule has 22 heavy (non-hydrogen) atoms. The van der Waals surface area contributed by atoms with Gasteiger partial charge in [0.25, 0.3) is 0 Å². The summed E-state index contributed by atoms with van der Waals surface area (Å²) in [5, 5.41) is 5.82. The lowest BCUT2D eigenvalue weighted by molar-refractivity contribution is 0.0871. The normalized spacial score (nSPS) is 58.4. The minimum absolute atomic E-state index is 0.854. The van der Waals surface area contributed by atoms with Gasteiger partial charge in [-0.25, -0.2) is 0 Å². The van der Waals surface area contributed by atoms with Crippen molar-refractivity contribution < 1.29 is 0 Å². The molecule has 0 spiro atoms. The first-order valence-corrected chi connectivity index (χ1v) is 10.9. The molecule has 1 N–H and O–H groups in total. The minimum Gasteiger partial charge on any atom is -0.313 e. The summed E-state index contributed by atoms with van der Waals surface area (Å²) >= 11 is 2.37. The largest absolute Gasteiger partial charge is 0.313 e. The number of nitrogens with one attached hydrogen (secondary N) is 1. The molecule has 2 aliphatic carbocycles. The van der Waals surface area contributed by atoms with Crippen molar-refractivity contribution in [3.63, 3.8) is 0 Å². The zero-order valence-electron chi connectivity index (χ0n) is 14.9. The van der Waals surface area contributed by atoms with Gasteiger partial charge in [0.1, 0.15) is 0 Å². The van der Waals surface area contributed by atoms with Crippen LogP contribution in [0.3, 0.4) is 0 Å². The van der Waals surface area contributed by atoms with Crippen LogP contribution in [-0.4, -0.2) is 23.1 Å². The van der Waals surface area contributed by atoms with E-state index in [2.05, 4.69) is 44.8 Å². The first kappa shape index (κ1) is 15.8. The van der Waals surface area contributed by atoms with E-state index in [1.807, 2.05) is 0 Å². The van der Waals surface area contributed by atoms with Crippen molar-refractivity contribution >= 4 is 11.8 Å². The minimum atomic E-state index is 0.854. The van der Waals surface area contributed by atoms with Gasteiger partial charge in [0.2, 0.25) is 0 Å². The lowest BCUT2D eigenvalue weighted by Crippen LogP contribution is -2.52. The quantitative estimate of drug-likeness (QED) is 0.743. The van der Waals surface area contributed by atoms with E-state index < -0.39 is 0 Å². The van der Waals surface area contributed by atoms with Crippen molar-refractivity contribution in [1.29, 1.82) is 0 Å². The summed E-state index contributed by atoms with van der Waals surface area (Å²) in [4.78, 5) is 0. The predicted octanol–water partition coefficient (Wildman–Crippen LogP) is 4.81. The van der Waals surface area contributed by atoms with Gasteiger partial charge in [-0.1, -0.05) is 34.1 Å². The molecule has 0 radical (unpaired) electrons. The van der Waals surface area contributed by atoms with Crippen LogP contribution in [0.15, 0.2) is 0 Å². The van der Waals surface area contributed by atoms with Crippen molar-refractivity contribution in [2.45, 2.75) is 76.3 Å². The summed E-state index contributed by atoms with van der Waals surface area (Å²) in [5.41, 5.74) is 0. The highest BCUT2D eigenvalue weighted by atomic mass is 32.2. The fourth-order valence-corrected chi connectivity index (χ4v) is 9.10. The Morgan fingerprint density at radius 1 is 0.818 bits per heavy atom. The molecule has 4 fully saturated rings. The van der Waals surface area contributed by atoms with Gasteiger partial charge < -0.3 is 5.32 Å². The third-order valence-electron chi connectivity index (χ3n) is 8.23. The number of piperidine rings is 1. The molecule has 2 saturated carbocycles. The Labute approximate surface area is 141 Å². The number of hydrogen-bond acceptors (Lipinski definition) is 2. The van der Waals surface area contributed by atoms with Crippen LogP contribution < -0.4 is 5.32 Å². The van der Waals surface area contributed by atoms with Crippen molar-refractivity contribution in [2.24, 2.45) is 41.4 Å². The first-order valence-electron chi connectivity index (χ1n) is 9.98. The summed E-state index contributed by atoms with van der Waals surface area (Å²) in [6.07, 6.45) is 7.41. The van der Waals surface area contributed by atoms with E-state index in [-0.39, 0.29) is 0 Å². The molecule has 4 rings (SSSR count). The van der Waals surface area contributed by atoms with E-state index in [0.29, 0.717) is 0 Å². The van der Waals surface area contributed by atoms with Crippen LogP contribution in [0.4, 0.5) is 0 Å². The average molecular weight is 322 g/mol. The third kappa shape index (κ3) is 2.31. The van der Waals surface area contributed by atoms with Crippen molar-refractivity contribution in [3.05, 3.63) is 0 Å². The third-order valence-corrected chi connectivity index (χ3v) is 10.0. The second kappa shape index (κ2) is 5.99. The van der Waals surface area contributed by atoms with Gasteiger partial charge in [-0.3, -0.25) is 0 Å². The van der Waals surface area contributed by atoms with E-state index in [1.54, 1.807) is 0 Å². The van der Waals surface area contributed by atoms with Gasteiger partial charge in [0, 0.05) is 16.5 Å². The molecule has 10 unspecified atom stereocenters. The number of hydrogen-bond donors (Lipinski definition) is 1. The Bertz CT molecular complexity index is 409. The zero-order valence-corrected chi connectivity index (χ0v) is 15.7. The van der Waals surface area contributed by atoms with E-state index in [9.17, 15) is 0 Å². The highest BCUT2D eigenvalue weighted by Crippen LogP contribution is 2.61. The predicted molar refractivity (Wildman–Crippen MR) is 97.2 cm³/mol. The maximum Gasteiger partial charge on any atom is 0.0127 e. The molecule has 0 aromatic heterocycles. The van der Waals surface area contributed by atoms with Gasteiger partial charge in [-0.15, -0.1) is 0 Å². The topological polar surface area (TPSA) is 12.0 Å². The van der Waals surface area contributed by atoms with E-state index >= 15 is 0 Å². The summed E-state index contributed by atoms with van der Waals surface area (Å²) in [6.45, 7) is 11.5. The Morgan fingerprint density at radius 3 is 2.36 bits per heavy atom. The first-order chi connectivity index (χ1) is 10.6. The Balaban J connectivity index is 1.60. The lowest BCUT2D eigenvalue weighted by Gasteiger charge is -2.46. The molecule has 10 atom stereocenters. The summed E-state index contributed by atoms with van der Waals surface area (Å²) in [7, 11) is 0. The zero-order chi connectivity index (χ0) is 15.4. The molecule has 2 heteroatoms. The molecule has 1 nitrogen and oxygen atoms in total. The Hall–Kier alpha value is 0.310. The van der Waals surface area contributed by atoms with Gasteiger partial charge >= 0.3 is 0 Å². The van der Waals surface area contributed by atoms with Crippen molar-refractivity contribution in [1.82, 2.24) is 5.32 Å². The highest BCUT2D eigenvalue weighted by molar-refractivity contribution is 8.00. The standard InChI is InChI=1S/C20H35NS/c1-11-12(2)18(20-17(11)13(3)14(4)22-20)16-9-5-7-15-8-6-10-21-19(15)16/h11-21H,5-10H2,1-4H3. The Morgan fingerprint density at radius 2 is 1.55 bits per heavy atom. The maximum absolute atomic E-state index is 3.98. The molecule has 4 aliphatic rings. The number of fused-ring (bicyclic) bond motifs is 2. The van der Waals surface area contributed by atoms with E-state index in [1.165, 1.54) is 38.6 Å². The molecular formula is C20H35NS. The highest BCUT2D eigenvalue weighted by Gasteiger charge is 2.57. The lowest BCUT2D eigenvalue weighted by atomic mass is 9.66. The summed E-state index contributed by atoms with van der Waals surface area (Å²) in [6, 6.07) is 0.854. The molecule has 0 amide bonds. The van der Waals surface area contributed by atoms with Crippen molar-refractivity contribution in [3.8, 4) is 0 Å². The van der Waals surface area contributed by atoms with Crippen LogP contribution in [0.2, 0.25) is 0 Å². The SMILES string of the molecule is CC1SC2C(C1C)C(C)C(C)C2C1CCCC2CCCNC21. The van der Waals surface area contributed by atoms with Crippen LogP contribution in [0, 0.1) is 41.4 Å². The van der Waals surface area contributed by atoms with E-state index in [0.717, 1.165) is 58.0 Å². The van der Waals surface area contributed by atoms with Crippen LogP contribution in [-0.2, 0) is 0 Å². The van der Waals surface area contributed by atoms with Crippen LogP contribution in [0.1, 0.15) is 59.8 Å². The Kier molecular flexibility index (Phi) is 4.31. The molecule has 2 heterocycles. The summed E-state index contributed by atoms with van der Waals surface area (Å²) < 4.78 is 0. The van der Waals surface area contributed by atoms with Gasteiger partial charge in [0.05, 0.1) is 0 Å². The van der Waals surface area contributed by atoms with Crippen LogP contribution >= 0.6 is 11.8 Å². The molecule has 0 bridgehead atoms. The molecule has 0 aromatic rings. The van der Waals surface area contributed by atoms with Crippen LogP contribution in [0.5, 0.6) is 0 Å². The van der Waals surface area contributed by atoms with Crippen LogP contribution in [0.25, 0.3) is 0 Å². The van der Waals surface area contributed by atoms with Crippen molar-refractivity contribution in [2.75, 3.05) is 6.54 Å². The fraction of sp³-hybridized carbons (Fsp3) is 1.00. The molecule has 126 valence electrons. The van der Waals surface area contributed by atoms with Gasteiger partial charge in [0.15, 0.2) is 0 Å². The monoisotopic (exact) mass is 321 g/mol.